The minimum Gasteiger partial charge on any atom is -0.486 e. The fraction of sp³-hybridized carbons (Fsp3) is 0.316. The van der Waals surface area contributed by atoms with Gasteiger partial charge in [-0.25, -0.2) is 9.97 Å². The molecule has 27 heavy (non-hydrogen) atoms. The zero-order valence-corrected chi connectivity index (χ0v) is 16.7. The Morgan fingerprint density at radius 2 is 2.00 bits per heavy atom. The molecule has 140 valence electrons. The molecular formula is C19H19N3O3S2. The fourth-order valence-corrected chi connectivity index (χ4v) is 4.41. The highest BCUT2D eigenvalue weighted by Crippen LogP contribution is 2.36. The first-order valence-corrected chi connectivity index (χ1v) is 10.6. The van der Waals surface area contributed by atoms with Crippen LogP contribution in [-0.4, -0.2) is 34.8 Å². The van der Waals surface area contributed by atoms with E-state index < -0.39 is 0 Å². The lowest BCUT2D eigenvalue weighted by molar-refractivity contribution is -0.113. The smallest absolute Gasteiger partial charge is 0.236 e. The Kier molecular flexibility index (Phi) is 5.18. The topological polar surface area (TPSA) is 73.3 Å². The van der Waals surface area contributed by atoms with Gasteiger partial charge in [0.05, 0.1) is 17.0 Å². The van der Waals surface area contributed by atoms with E-state index in [-0.39, 0.29) is 11.7 Å². The molecule has 4 rings (SSSR count). The van der Waals surface area contributed by atoms with Crippen LogP contribution in [0.2, 0.25) is 0 Å². The van der Waals surface area contributed by atoms with E-state index in [0.717, 1.165) is 45.1 Å². The van der Waals surface area contributed by atoms with Crippen LogP contribution < -0.4 is 14.8 Å². The number of hydrogen-bond donors (Lipinski definition) is 1. The molecule has 1 aliphatic heterocycles. The highest BCUT2D eigenvalue weighted by atomic mass is 32.2. The molecule has 3 aromatic rings. The van der Waals surface area contributed by atoms with Crippen LogP contribution in [0.3, 0.4) is 0 Å². The highest BCUT2D eigenvalue weighted by molar-refractivity contribution is 8.00. The average Bonchev–Trinajstić information content (AvgIpc) is 3.08. The summed E-state index contributed by atoms with van der Waals surface area (Å²) in [6, 6.07) is 6.00. The van der Waals surface area contributed by atoms with Gasteiger partial charge in [0.2, 0.25) is 5.91 Å². The van der Waals surface area contributed by atoms with E-state index in [4.69, 9.17) is 14.5 Å². The molecule has 0 atom stereocenters. The molecule has 0 saturated heterocycles. The van der Waals surface area contributed by atoms with Gasteiger partial charge in [-0.15, -0.1) is 11.3 Å². The summed E-state index contributed by atoms with van der Waals surface area (Å²) in [4.78, 5) is 21.2. The number of amides is 1. The number of thiazole rings is 1. The van der Waals surface area contributed by atoms with E-state index >= 15 is 0 Å². The summed E-state index contributed by atoms with van der Waals surface area (Å²) in [6.07, 6.45) is 0.840. The molecule has 1 aromatic carbocycles. The Morgan fingerprint density at radius 3 is 2.70 bits per heavy atom. The first-order chi connectivity index (χ1) is 13.1. The molecule has 0 unspecified atom stereocenters. The van der Waals surface area contributed by atoms with Crippen LogP contribution >= 0.6 is 23.1 Å². The molecule has 1 N–H and O–H groups in total. The Bertz CT molecular complexity index is 1000. The maximum Gasteiger partial charge on any atom is 0.236 e. The Hall–Kier alpha value is -2.32. The molecule has 0 spiro atoms. The first-order valence-electron chi connectivity index (χ1n) is 8.70. The van der Waals surface area contributed by atoms with Crippen LogP contribution in [0.25, 0.3) is 10.9 Å². The molecule has 2 aromatic heterocycles. The number of pyridine rings is 1. The number of carbonyl (C=O) groups excluding carboxylic acids is 1. The number of rotatable bonds is 5. The Morgan fingerprint density at radius 1 is 1.22 bits per heavy atom. The van der Waals surface area contributed by atoms with Crippen LogP contribution in [0.15, 0.2) is 28.6 Å². The van der Waals surface area contributed by atoms with Crippen molar-refractivity contribution in [1.29, 1.82) is 0 Å². The van der Waals surface area contributed by atoms with Gasteiger partial charge in [0.1, 0.15) is 18.2 Å². The van der Waals surface area contributed by atoms with E-state index in [2.05, 4.69) is 23.3 Å². The molecule has 3 heterocycles. The van der Waals surface area contributed by atoms with Gasteiger partial charge in [0, 0.05) is 16.8 Å². The van der Waals surface area contributed by atoms with Crippen molar-refractivity contribution >= 4 is 45.0 Å². The van der Waals surface area contributed by atoms with Gasteiger partial charge in [-0.2, -0.15) is 0 Å². The van der Waals surface area contributed by atoms with Gasteiger partial charge in [0.15, 0.2) is 16.6 Å². The number of benzene rings is 1. The lowest BCUT2D eigenvalue weighted by Crippen LogP contribution is -2.15. The zero-order chi connectivity index (χ0) is 18.8. The Balaban J connectivity index is 1.54. The van der Waals surface area contributed by atoms with Crippen molar-refractivity contribution in [2.45, 2.75) is 25.3 Å². The van der Waals surface area contributed by atoms with Crippen LogP contribution in [0.4, 0.5) is 5.13 Å². The van der Waals surface area contributed by atoms with E-state index in [1.54, 1.807) is 0 Å². The van der Waals surface area contributed by atoms with Gasteiger partial charge < -0.3 is 14.8 Å². The second-order valence-corrected chi connectivity index (χ2v) is 7.95. The number of fused-ring (bicyclic) bond motifs is 2. The third kappa shape index (κ3) is 4.01. The second kappa shape index (κ2) is 7.74. The van der Waals surface area contributed by atoms with E-state index in [1.807, 2.05) is 24.4 Å². The van der Waals surface area contributed by atoms with Crippen molar-refractivity contribution < 1.29 is 14.3 Å². The molecular weight excluding hydrogens is 382 g/mol. The average molecular weight is 402 g/mol. The molecule has 1 aliphatic rings. The van der Waals surface area contributed by atoms with Gasteiger partial charge in [0.25, 0.3) is 0 Å². The van der Waals surface area contributed by atoms with E-state index in [9.17, 15) is 4.79 Å². The number of thioether (sulfide) groups is 1. The third-order valence-corrected chi connectivity index (χ3v) is 6.01. The predicted molar refractivity (Wildman–Crippen MR) is 108 cm³/mol. The van der Waals surface area contributed by atoms with Gasteiger partial charge in [-0.3, -0.25) is 4.79 Å². The number of anilines is 1. The third-order valence-electron chi connectivity index (χ3n) is 4.10. The number of nitrogens with zero attached hydrogens (tertiary/aromatic N) is 2. The minimum absolute atomic E-state index is 0.0829. The molecule has 0 bridgehead atoms. The number of aryl methyl sites for hydroxylation is 2. The zero-order valence-electron chi connectivity index (χ0n) is 15.1. The summed E-state index contributed by atoms with van der Waals surface area (Å²) in [6.45, 7) is 5.10. The summed E-state index contributed by atoms with van der Waals surface area (Å²) in [5.41, 5.74) is 2.86. The lowest BCUT2D eigenvalue weighted by atomic mass is 10.1. The number of ether oxygens (including phenoxy) is 2. The van der Waals surface area contributed by atoms with Crippen LogP contribution in [0, 0.1) is 6.92 Å². The SMILES string of the molecule is CCc1cc2cc3c(cc2nc1SCC(=O)Nc1nc(C)cs1)OCCO3. The van der Waals surface area contributed by atoms with Crippen LogP contribution in [0.1, 0.15) is 18.2 Å². The largest absolute Gasteiger partial charge is 0.486 e. The summed E-state index contributed by atoms with van der Waals surface area (Å²) < 4.78 is 11.3. The van der Waals surface area contributed by atoms with Crippen LogP contribution in [0.5, 0.6) is 11.5 Å². The molecule has 8 heteroatoms. The monoisotopic (exact) mass is 401 g/mol. The van der Waals surface area contributed by atoms with Crippen molar-refractivity contribution in [1.82, 2.24) is 9.97 Å². The molecule has 1 amide bonds. The highest BCUT2D eigenvalue weighted by Gasteiger charge is 2.16. The number of aromatic nitrogens is 2. The molecule has 0 radical (unpaired) electrons. The lowest BCUT2D eigenvalue weighted by Gasteiger charge is -2.19. The summed E-state index contributed by atoms with van der Waals surface area (Å²) in [5.74, 6) is 1.68. The minimum atomic E-state index is -0.0829. The predicted octanol–water partition coefficient (Wildman–Crippen LogP) is 4.06. The second-order valence-electron chi connectivity index (χ2n) is 6.13. The normalized spacial score (nSPS) is 13.0. The summed E-state index contributed by atoms with van der Waals surface area (Å²) >= 11 is 2.87. The maximum atomic E-state index is 12.2. The molecule has 0 fully saturated rings. The van der Waals surface area contributed by atoms with Crippen molar-refractivity contribution in [3.05, 3.63) is 34.8 Å². The van der Waals surface area contributed by atoms with Crippen molar-refractivity contribution in [3.63, 3.8) is 0 Å². The number of nitrogens with one attached hydrogen (secondary N) is 1. The van der Waals surface area contributed by atoms with E-state index in [0.29, 0.717) is 18.3 Å². The molecule has 0 aliphatic carbocycles. The quantitative estimate of drug-likeness (QED) is 0.650. The number of hydrogen-bond acceptors (Lipinski definition) is 7. The number of carbonyl (C=O) groups is 1. The van der Waals surface area contributed by atoms with E-state index in [1.165, 1.54) is 23.1 Å². The molecule has 0 saturated carbocycles. The summed E-state index contributed by atoms with van der Waals surface area (Å²) in [7, 11) is 0. The first kappa shape index (κ1) is 18.1. The Labute approximate surface area is 165 Å². The molecule has 6 nitrogen and oxygen atoms in total. The van der Waals surface area contributed by atoms with Crippen molar-refractivity contribution in [2.24, 2.45) is 0 Å². The standard InChI is InChI=1S/C19H19N3O3S2/c1-3-12-6-13-7-15-16(25-5-4-24-15)8-14(13)21-18(12)26-10-17(23)22-19-20-11(2)9-27-19/h6-9H,3-5,10H2,1-2H3,(H,20,22,23). The van der Waals surface area contributed by atoms with Gasteiger partial charge in [-0.1, -0.05) is 18.7 Å². The van der Waals surface area contributed by atoms with Gasteiger partial charge >= 0.3 is 0 Å². The van der Waals surface area contributed by atoms with Crippen molar-refractivity contribution in [2.75, 3.05) is 24.3 Å². The van der Waals surface area contributed by atoms with Gasteiger partial charge in [-0.05, 0) is 31.0 Å². The van der Waals surface area contributed by atoms with Crippen molar-refractivity contribution in [3.8, 4) is 11.5 Å². The van der Waals surface area contributed by atoms with Crippen LogP contribution in [-0.2, 0) is 11.2 Å². The summed E-state index contributed by atoms with van der Waals surface area (Å²) in [5, 5.41) is 7.26. The maximum absolute atomic E-state index is 12.2. The fourth-order valence-electron chi connectivity index (χ4n) is 2.82.